The average molecular weight is 306 g/mol. The third-order valence-electron chi connectivity index (χ3n) is 3.12. The highest BCUT2D eigenvalue weighted by molar-refractivity contribution is 4.59. The van der Waals surface area contributed by atoms with Gasteiger partial charge in [0.15, 0.2) is 0 Å². The lowest BCUT2D eigenvalue weighted by Crippen LogP contribution is -2.33. The number of rotatable bonds is 10. The summed E-state index contributed by atoms with van der Waals surface area (Å²) in [7, 11) is 0. The zero-order valence-corrected chi connectivity index (χ0v) is 12.5. The summed E-state index contributed by atoms with van der Waals surface area (Å²) in [5, 5.41) is 0. The second-order valence-corrected chi connectivity index (χ2v) is 4.90. The summed E-state index contributed by atoms with van der Waals surface area (Å²) in [6.07, 6.45) is 0.111. The Bertz CT molecular complexity index is 215. The van der Waals surface area contributed by atoms with Crippen LogP contribution in [0.2, 0.25) is 0 Å². The molecule has 0 bridgehead atoms. The fourth-order valence-corrected chi connectivity index (χ4v) is 2.03. The van der Waals surface area contributed by atoms with Crippen LogP contribution in [0.15, 0.2) is 0 Å². The van der Waals surface area contributed by atoms with Crippen molar-refractivity contribution in [1.82, 2.24) is 0 Å². The second-order valence-electron chi connectivity index (χ2n) is 4.90. The highest BCUT2D eigenvalue weighted by atomic mass is 16.6. The van der Waals surface area contributed by atoms with E-state index in [9.17, 15) is 0 Å². The normalized spacial score (nSPS) is 26.9. The number of hydrogen-bond acceptors (Lipinski definition) is 7. The SMILES string of the molecule is C(COCC1COCCO1)OCCOCC1COCCO1. The molecule has 0 N–H and O–H groups in total. The maximum Gasteiger partial charge on any atom is 0.104 e. The van der Waals surface area contributed by atoms with Crippen molar-refractivity contribution in [2.45, 2.75) is 12.2 Å². The summed E-state index contributed by atoms with van der Waals surface area (Å²) < 4.78 is 37.8. The van der Waals surface area contributed by atoms with Gasteiger partial charge in [0.1, 0.15) is 12.2 Å². The predicted octanol–water partition coefficient (Wildman–Crippen LogP) is -0.133. The largest absolute Gasteiger partial charge is 0.377 e. The monoisotopic (exact) mass is 306 g/mol. The fourth-order valence-electron chi connectivity index (χ4n) is 2.03. The van der Waals surface area contributed by atoms with E-state index in [1.54, 1.807) is 0 Å². The molecule has 2 rings (SSSR count). The molecule has 0 aromatic carbocycles. The number of ether oxygens (including phenoxy) is 7. The van der Waals surface area contributed by atoms with Crippen LogP contribution >= 0.6 is 0 Å². The van der Waals surface area contributed by atoms with E-state index >= 15 is 0 Å². The molecule has 2 heterocycles. The third-order valence-corrected chi connectivity index (χ3v) is 3.12. The van der Waals surface area contributed by atoms with Crippen LogP contribution in [0.4, 0.5) is 0 Å². The van der Waals surface area contributed by atoms with Crippen LogP contribution in [0.3, 0.4) is 0 Å². The van der Waals surface area contributed by atoms with Crippen LogP contribution in [0, 0.1) is 0 Å². The minimum absolute atomic E-state index is 0.0554. The molecule has 7 nitrogen and oxygen atoms in total. The molecule has 2 atom stereocenters. The standard InChI is InChI=1S/C14H26O7/c1(3-16-9-13-11-18-5-7-20-13)15-2-4-17-10-14-12-19-6-8-21-14/h13-14H,1-12H2. The molecule has 2 aliphatic rings. The van der Waals surface area contributed by atoms with E-state index in [1.165, 1.54) is 0 Å². The van der Waals surface area contributed by atoms with Gasteiger partial charge < -0.3 is 33.2 Å². The van der Waals surface area contributed by atoms with Crippen LogP contribution in [-0.4, -0.2) is 91.5 Å². The molecule has 0 amide bonds. The third kappa shape index (κ3) is 8.06. The second kappa shape index (κ2) is 11.3. The van der Waals surface area contributed by atoms with Gasteiger partial charge in [0.05, 0.1) is 79.3 Å². The Morgan fingerprint density at radius 3 is 1.52 bits per heavy atom. The maximum atomic E-state index is 5.47. The minimum atomic E-state index is 0.0554. The first-order valence-corrected chi connectivity index (χ1v) is 7.57. The lowest BCUT2D eigenvalue weighted by molar-refractivity contribution is -0.122. The minimum Gasteiger partial charge on any atom is -0.377 e. The summed E-state index contributed by atoms with van der Waals surface area (Å²) in [5.41, 5.74) is 0. The fraction of sp³-hybridized carbons (Fsp3) is 1.00. The topological polar surface area (TPSA) is 64.6 Å². The first-order valence-electron chi connectivity index (χ1n) is 7.57. The van der Waals surface area contributed by atoms with Gasteiger partial charge in [-0.25, -0.2) is 0 Å². The zero-order valence-electron chi connectivity index (χ0n) is 12.5. The molecule has 0 saturated carbocycles. The molecule has 124 valence electrons. The van der Waals surface area contributed by atoms with E-state index in [0.717, 1.165) is 0 Å². The molecular formula is C14H26O7. The van der Waals surface area contributed by atoms with Gasteiger partial charge in [0.25, 0.3) is 0 Å². The van der Waals surface area contributed by atoms with Gasteiger partial charge in [0.2, 0.25) is 0 Å². The van der Waals surface area contributed by atoms with Gasteiger partial charge in [-0.1, -0.05) is 0 Å². The van der Waals surface area contributed by atoms with Crippen molar-refractivity contribution in [1.29, 1.82) is 0 Å². The first kappa shape index (κ1) is 17.1. The molecule has 2 unspecified atom stereocenters. The molecule has 7 heteroatoms. The van der Waals surface area contributed by atoms with Crippen LogP contribution in [0.5, 0.6) is 0 Å². The summed E-state index contributed by atoms with van der Waals surface area (Å²) in [6, 6.07) is 0. The van der Waals surface area contributed by atoms with Crippen molar-refractivity contribution < 1.29 is 33.2 Å². The van der Waals surface area contributed by atoms with E-state index in [-0.39, 0.29) is 12.2 Å². The highest BCUT2D eigenvalue weighted by Crippen LogP contribution is 2.01. The van der Waals surface area contributed by atoms with Crippen LogP contribution < -0.4 is 0 Å². The lowest BCUT2D eigenvalue weighted by Gasteiger charge is -2.23. The molecule has 2 fully saturated rings. The summed E-state index contributed by atoms with van der Waals surface area (Å²) in [5.74, 6) is 0. The Hall–Kier alpha value is -0.280. The summed E-state index contributed by atoms with van der Waals surface area (Å²) in [4.78, 5) is 0. The molecule has 0 spiro atoms. The van der Waals surface area contributed by atoms with E-state index in [1.807, 2.05) is 0 Å². The molecule has 0 radical (unpaired) electrons. The smallest absolute Gasteiger partial charge is 0.104 e. The van der Waals surface area contributed by atoms with E-state index in [2.05, 4.69) is 0 Å². The molecule has 21 heavy (non-hydrogen) atoms. The van der Waals surface area contributed by atoms with Crippen molar-refractivity contribution in [3.63, 3.8) is 0 Å². The van der Waals surface area contributed by atoms with E-state index in [4.69, 9.17) is 33.2 Å². The Morgan fingerprint density at radius 2 is 1.10 bits per heavy atom. The van der Waals surface area contributed by atoms with E-state index < -0.39 is 0 Å². The quantitative estimate of drug-likeness (QED) is 0.521. The molecule has 2 saturated heterocycles. The molecule has 0 aromatic heterocycles. The molecule has 0 aromatic rings. The average Bonchev–Trinajstić information content (AvgIpc) is 2.55. The van der Waals surface area contributed by atoms with Gasteiger partial charge in [-0.3, -0.25) is 0 Å². The van der Waals surface area contributed by atoms with Crippen molar-refractivity contribution in [2.75, 3.05) is 79.3 Å². The Labute approximate surface area is 125 Å². The van der Waals surface area contributed by atoms with Crippen LogP contribution in [0.25, 0.3) is 0 Å². The first-order chi connectivity index (χ1) is 10.4. The van der Waals surface area contributed by atoms with Crippen molar-refractivity contribution in [3.8, 4) is 0 Å². The number of hydrogen-bond donors (Lipinski definition) is 0. The van der Waals surface area contributed by atoms with Gasteiger partial charge in [-0.2, -0.15) is 0 Å². The van der Waals surface area contributed by atoms with Crippen LogP contribution in [0.1, 0.15) is 0 Å². The van der Waals surface area contributed by atoms with Gasteiger partial charge >= 0.3 is 0 Å². The van der Waals surface area contributed by atoms with Gasteiger partial charge in [0, 0.05) is 0 Å². The molecular weight excluding hydrogens is 280 g/mol. The lowest BCUT2D eigenvalue weighted by atomic mass is 10.4. The Balaban J connectivity index is 1.30. The van der Waals surface area contributed by atoms with Crippen molar-refractivity contribution >= 4 is 0 Å². The van der Waals surface area contributed by atoms with Gasteiger partial charge in [-0.15, -0.1) is 0 Å². The van der Waals surface area contributed by atoms with Crippen LogP contribution in [-0.2, 0) is 33.2 Å². The molecule has 2 aliphatic heterocycles. The predicted molar refractivity (Wildman–Crippen MR) is 73.6 cm³/mol. The zero-order chi connectivity index (χ0) is 14.6. The van der Waals surface area contributed by atoms with Crippen molar-refractivity contribution in [3.05, 3.63) is 0 Å². The Kier molecular flexibility index (Phi) is 9.20. The summed E-state index contributed by atoms with van der Waals surface area (Å²) in [6.45, 7) is 7.21. The Morgan fingerprint density at radius 1 is 0.619 bits per heavy atom. The summed E-state index contributed by atoms with van der Waals surface area (Å²) >= 11 is 0. The van der Waals surface area contributed by atoms with Gasteiger partial charge in [-0.05, 0) is 0 Å². The molecule has 0 aliphatic carbocycles. The maximum absolute atomic E-state index is 5.47. The van der Waals surface area contributed by atoms with Crippen molar-refractivity contribution in [2.24, 2.45) is 0 Å². The highest BCUT2D eigenvalue weighted by Gasteiger charge is 2.14. The van der Waals surface area contributed by atoms with E-state index in [0.29, 0.717) is 79.3 Å².